The molecule has 1 aliphatic heterocycles. The Balaban J connectivity index is 1.89. The van der Waals surface area contributed by atoms with Gasteiger partial charge in [-0.15, -0.1) is 0 Å². The summed E-state index contributed by atoms with van der Waals surface area (Å²) in [6, 6.07) is -3.50. The number of phenolic OH excluding ortho intramolecular Hbond substituents is 1. The molecule has 24 heteroatoms. The minimum absolute atomic E-state index is 0.0367. The maximum atomic E-state index is 14.4. The Kier molecular flexibility index (Phi) is 20.6. The van der Waals surface area contributed by atoms with E-state index in [1.54, 1.807) is 13.8 Å². The Morgan fingerprint density at radius 1 is 0.846 bits per heavy atom. The molecule has 358 valence electrons. The number of nitrogens with zero attached hydrogens (tertiary/aromatic N) is 3. The van der Waals surface area contributed by atoms with Crippen molar-refractivity contribution in [3.8, 4) is 5.75 Å². The molecular formula is C41H63N13O11. The Morgan fingerprint density at radius 3 is 2.06 bits per heavy atom. The van der Waals surface area contributed by atoms with Crippen molar-refractivity contribution >= 4 is 53.3 Å². The number of nitrogens with two attached hydrogens (primary N) is 4. The molecule has 24 nitrogen and oxygen atoms in total. The third-order valence-electron chi connectivity index (χ3n) is 10.4. The molecule has 7 amide bonds. The number of aromatic nitrogens is 2. The van der Waals surface area contributed by atoms with Crippen LogP contribution in [0.1, 0.15) is 77.0 Å². The number of nitrogens with one attached hydrogen (secondary N) is 6. The van der Waals surface area contributed by atoms with Gasteiger partial charge in [0.15, 0.2) is 12.0 Å². The Bertz CT molecular complexity index is 1970. The number of amides is 7. The standard InChI is InChI=1S/C41H63N13O11/c1-21(2)16-29(37(61)53-33(22(3)55)40(64)65)51-36(60)30(17-23-8-10-25(56)11-9-23)52-38(62)31-7-5-15-54(31)39(63)28(6-4-14-47-41(44)45)50-35(59)27(12-13-32(43)57)49-34(58)26(42)18-24-19-46-20-48-24/h8-11,19-22,26-31,33,55-56H,4-7,12-18,42H2,1-3H3,(H2,43,57)(H,46,48)(H,49,58)(H,50,59)(H,51,60)(H,52,62)(H,53,61)(H,64,65)(H4,44,45,47)/t22-,26+,27+,28+,29+,30+,31+,33+/m1/s1. The average Bonchev–Trinajstić information content (AvgIpc) is 3.95. The van der Waals surface area contributed by atoms with Crippen LogP contribution in [0, 0.1) is 5.92 Å². The zero-order valence-electron chi connectivity index (χ0n) is 36.7. The topological polar surface area (TPSA) is 406 Å². The number of carboxylic acids is 1. The molecule has 0 bridgehead atoms. The number of aliphatic hydroxyl groups is 1. The number of phenols is 1. The number of rotatable bonds is 26. The number of primary amides is 1. The van der Waals surface area contributed by atoms with Crippen molar-refractivity contribution in [1.29, 1.82) is 0 Å². The second-order valence-corrected chi connectivity index (χ2v) is 16.3. The fourth-order valence-corrected chi connectivity index (χ4v) is 7.06. The van der Waals surface area contributed by atoms with Gasteiger partial charge in [0.25, 0.3) is 0 Å². The second kappa shape index (κ2) is 25.5. The lowest BCUT2D eigenvalue weighted by atomic mass is 10.00. The van der Waals surface area contributed by atoms with Gasteiger partial charge in [-0.2, -0.15) is 0 Å². The number of likely N-dealkylation sites (tertiary alicyclic amines) is 1. The number of imidazole rings is 1. The summed E-state index contributed by atoms with van der Waals surface area (Å²) >= 11 is 0. The van der Waals surface area contributed by atoms with Crippen molar-refractivity contribution in [1.82, 2.24) is 41.5 Å². The summed E-state index contributed by atoms with van der Waals surface area (Å²) in [5.74, 6) is -7.43. The fraction of sp³-hybridized carbons (Fsp3) is 0.561. The van der Waals surface area contributed by atoms with Gasteiger partial charge in [0.1, 0.15) is 36.0 Å². The molecule has 0 radical (unpaired) electrons. The van der Waals surface area contributed by atoms with Crippen molar-refractivity contribution in [3.05, 3.63) is 48.0 Å². The molecule has 1 aromatic heterocycles. The number of aliphatic carboxylic acids is 1. The number of aliphatic hydroxyl groups excluding tert-OH is 1. The summed E-state index contributed by atoms with van der Waals surface area (Å²) in [4.78, 5) is 118. The Morgan fingerprint density at radius 2 is 1.48 bits per heavy atom. The molecule has 65 heavy (non-hydrogen) atoms. The number of carbonyl (C=O) groups is 8. The molecule has 2 heterocycles. The van der Waals surface area contributed by atoms with E-state index in [9.17, 15) is 53.7 Å². The summed E-state index contributed by atoms with van der Waals surface area (Å²) in [6.45, 7) is 4.86. The van der Waals surface area contributed by atoms with Crippen molar-refractivity contribution in [2.24, 2.45) is 33.8 Å². The quantitative estimate of drug-likeness (QED) is 0.0247. The zero-order valence-corrected chi connectivity index (χ0v) is 36.7. The maximum Gasteiger partial charge on any atom is 0.328 e. The molecule has 0 aliphatic carbocycles. The lowest BCUT2D eigenvalue weighted by Crippen LogP contribution is -2.60. The minimum Gasteiger partial charge on any atom is -0.508 e. The highest BCUT2D eigenvalue weighted by atomic mass is 16.4. The van der Waals surface area contributed by atoms with E-state index in [2.05, 4.69) is 41.5 Å². The van der Waals surface area contributed by atoms with Crippen LogP contribution in [0.5, 0.6) is 5.75 Å². The molecular weight excluding hydrogens is 851 g/mol. The summed E-state index contributed by atoms with van der Waals surface area (Å²) in [7, 11) is 0. The average molecular weight is 914 g/mol. The zero-order chi connectivity index (χ0) is 48.4. The number of benzene rings is 1. The lowest BCUT2D eigenvalue weighted by molar-refractivity contribution is -0.145. The first-order valence-electron chi connectivity index (χ1n) is 21.2. The molecule has 0 spiro atoms. The van der Waals surface area contributed by atoms with Crippen LogP contribution in [0.2, 0.25) is 0 Å². The first-order chi connectivity index (χ1) is 30.7. The predicted octanol–water partition coefficient (Wildman–Crippen LogP) is -3.53. The number of carbonyl (C=O) groups excluding carboxylic acids is 7. The third-order valence-corrected chi connectivity index (χ3v) is 10.4. The number of carboxylic acid groups (broad SMARTS) is 1. The van der Waals surface area contributed by atoms with Gasteiger partial charge in [0.2, 0.25) is 41.4 Å². The molecule has 17 N–H and O–H groups in total. The molecule has 8 atom stereocenters. The van der Waals surface area contributed by atoms with Gasteiger partial charge in [-0.1, -0.05) is 26.0 Å². The van der Waals surface area contributed by atoms with Gasteiger partial charge in [0, 0.05) is 44.2 Å². The number of hydrogen-bond acceptors (Lipinski definition) is 13. The van der Waals surface area contributed by atoms with E-state index < -0.39 is 95.7 Å². The van der Waals surface area contributed by atoms with Crippen molar-refractivity contribution in [2.45, 2.75) is 127 Å². The van der Waals surface area contributed by atoms with E-state index in [1.807, 2.05) is 0 Å². The largest absolute Gasteiger partial charge is 0.508 e. The van der Waals surface area contributed by atoms with Crippen molar-refractivity contribution in [2.75, 3.05) is 13.1 Å². The van der Waals surface area contributed by atoms with Crippen LogP contribution < -0.4 is 49.5 Å². The number of guanidine groups is 1. The SMILES string of the molecule is CC(C)C[C@H](NC(=O)[C@H](Cc1ccc(O)cc1)NC(=O)[C@@H]1CCCN1C(=O)[C@H](CCCN=C(N)N)NC(=O)[C@H](CCC(N)=O)NC(=O)[C@@H](N)Cc1cnc[nH]1)C(=O)N[C@H](C(=O)O)[C@@H](C)O. The molecule has 1 saturated heterocycles. The van der Waals surface area contributed by atoms with Crippen LogP contribution in [-0.4, -0.2) is 145 Å². The molecule has 3 rings (SSSR count). The van der Waals surface area contributed by atoms with Crippen LogP contribution in [0.3, 0.4) is 0 Å². The van der Waals surface area contributed by atoms with Crippen LogP contribution in [0.4, 0.5) is 0 Å². The summed E-state index contributed by atoms with van der Waals surface area (Å²) in [5, 5.41) is 42.1. The normalized spacial score (nSPS) is 16.7. The summed E-state index contributed by atoms with van der Waals surface area (Å²) in [6.07, 6.45) is 1.46. The number of aromatic hydroxyl groups is 1. The Hall–Kier alpha value is -6.82. The van der Waals surface area contributed by atoms with E-state index in [0.717, 1.165) is 0 Å². The maximum absolute atomic E-state index is 14.4. The van der Waals surface area contributed by atoms with Gasteiger partial charge in [-0.3, -0.25) is 38.6 Å². The number of H-pyrrole nitrogens is 1. The van der Waals surface area contributed by atoms with Gasteiger partial charge >= 0.3 is 5.97 Å². The predicted molar refractivity (Wildman–Crippen MR) is 234 cm³/mol. The second-order valence-electron chi connectivity index (χ2n) is 16.3. The monoisotopic (exact) mass is 913 g/mol. The van der Waals surface area contributed by atoms with Gasteiger partial charge in [0.05, 0.1) is 18.5 Å². The van der Waals surface area contributed by atoms with E-state index in [1.165, 1.54) is 48.6 Å². The Labute approximate surface area is 375 Å². The lowest BCUT2D eigenvalue weighted by Gasteiger charge is -2.31. The van der Waals surface area contributed by atoms with Gasteiger partial charge in [-0.05, 0) is 69.1 Å². The number of aromatic amines is 1. The highest BCUT2D eigenvalue weighted by Crippen LogP contribution is 2.21. The van der Waals surface area contributed by atoms with Crippen molar-refractivity contribution in [3.63, 3.8) is 0 Å². The molecule has 1 aromatic carbocycles. The first-order valence-corrected chi connectivity index (χ1v) is 21.2. The van der Waals surface area contributed by atoms with E-state index >= 15 is 0 Å². The number of aliphatic imine (C=N–C) groups is 1. The van der Waals surface area contributed by atoms with E-state index in [0.29, 0.717) is 17.7 Å². The smallest absolute Gasteiger partial charge is 0.328 e. The summed E-state index contributed by atoms with van der Waals surface area (Å²) < 4.78 is 0. The molecule has 2 aromatic rings. The minimum atomic E-state index is -1.68. The van der Waals surface area contributed by atoms with Crippen LogP contribution in [0.15, 0.2) is 41.8 Å². The van der Waals surface area contributed by atoms with Crippen LogP contribution >= 0.6 is 0 Å². The van der Waals surface area contributed by atoms with Crippen molar-refractivity contribution < 1.29 is 53.7 Å². The first kappa shape index (κ1) is 52.5. The van der Waals surface area contributed by atoms with Gasteiger partial charge < -0.3 is 74.7 Å². The van der Waals surface area contributed by atoms with Crippen LogP contribution in [-0.2, 0) is 51.2 Å². The molecule has 1 fully saturated rings. The highest BCUT2D eigenvalue weighted by Gasteiger charge is 2.40. The van der Waals surface area contributed by atoms with E-state index in [4.69, 9.17) is 22.9 Å². The van der Waals surface area contributed by atoms with Gasteiger partial charge in [-0.25, -0.2) is 9.78 Å². The molecule has 1 aliphatic rings. The van der Waals surface area contributed by atoms with Crippen LogP contribution in [0.25, 0.3) is 0 Å². The van der Waals surface area contributed by atoms with E-state index in [-0.39, 0.29) is 82.1 Å². The highest BCUT2D eigenvalue weighted by molar-refractivity contribution is 5.97. The third kappa shape index (κ3) is 17.3. The summed E-state index contributed by atoms with van der Waals surface area (Å²) in [5.41, 5.74) is 23.5. The number of hydrogen-bond donors (Lipinski definition) is 13. The molecule has 0 saturated carbocycles. The fourth-order valence-electron chi connectivity index (χ4n) is 7.06. The molecule has 0 unspecified atom stereocenters.